The summed E-state index contributed by atoms with van der Waals surface area (Å²) in [5.74, 6) is 1.87. The normalized spacial score (nSPS) is 9.68. The molecule has 0 bridgehead atoms. The van der Waals surface area contributed by atoms with Gasteiger partial charge in [-0.3, -0.25) is 9.97 Å². The molecule has 0 fully saturated rings. The van der Waals surface area contributed by atoms with Crippen LogP contribution in [0.15, 0.2) is 67.5 Å². The molecule has 0 aliphatic carbocycles. The van der Waals surface area contributed by atoms with Crippen LogP contribution in [-0.2, 0) is 34.2 Å². The monoisotopic (exact) mass is 508 g/mol. The number of pyridine rings is 1. The minimum Gasteiger partial charge on any atom is -0.387 e. The van der Waals surface area contributed by atoms with Gasteiger partial charge in [0, 0.05) is 57.8 Å². The maximum absolute atomic E-state index is 4.22. The first kappa shape index (κ1) is 18.8. The first-order chi connectivity index (χ1) is 11.8. The Labute approximate surface area is 160 Å². The SMILES string of the molecule is Cn1ccnc1-c1[c-]cccc1.Cn1ccnc1-c1[c-]cncc1.[Ir]. The summed E-state index contributed by atoms with van der Waals surface area (Å²) in [5.41, 5.74) is 2.00. The molecule has 0 saturated heterocycles. The fourth-order valence-electron chi connectivity index (χ4n) is 2.24. The Kier molecular flexibility index (Phi) is 6.80. The van der Waals surface area contributed by atoms with Crippen molar-refractivity contribution in [1.29, 1.82) is 0 Å². The summed E-state index contributed by atoms with van der Waals surface area (Å²) in [6, 6.07) is 15.9. The molecule has 0 aliphatic heterocycles. The number of hydrogen-bond acceptors (Lipinski definition) is 3. The van der Waals surface area contributed by atoms with E-state index in [1.807, 2.05) is 66.0 Å². The molecule has 0 unspecified atom stereocenters. The fourth-order valence-corrected chi connectivity index (χ4v) is 2.24. The maximum atomic E-state index is 4.22. The zero-order chi connectivity index (χ0) is 16.8. The minimum absolute atomic E-state index is 0. The smallest absolute Gasteiger partial charge is 0.0555 e. The van der Waals surface area contributed by atoms with Gasteiger partial charge in [0.2, 0.25) is 0 Å². The second-order valence-corrected chi connectivity index (χ2v) is 5.15. The van der Waals surface area contributed by atoms with Crippen molar-refractivity contribution in [2.24, 2.45) is 14.1 Å². The molecule has 0 spiro atoms. The standard InChI is InChI=1S/C10H9N2.C9H8N3.Ir/c1-12-8-7-11-10(12)9-5-3-2-4-6-9;1-12-7-6-11-9(12)8-2-4-10-5-3-8;/h2-5,7-8H,1H3;2,4-7H,1H3;/q2*-1;. The van der Waals surface area contributed by atoms with Crippen LogP contribution >= 0.6 is 0 Å². The Morgan fingerprint density at radius 3 is 1.88 bits per heavy atom. The average molecular weight is 508 g/mol. The summed E-state index contributed by atoms with van der Waals surface area (Å²) in [6.45, 7) is 0. The summed E-state index contributed by atoms with van der Waals surface area (Å²) >= 11 is 0. The molecule has 5 nitrogen and oxygen atoms in total. The molecule has 6 heteroatoms. The number of aromatic nitrogens is 5. The van der Waals surface area contributed by atoms with Crippen molar-refractivity contribution in [1.82, 2.24) is 24.1 Å². The molecule has 0 amide bonds. The molecule has 3 heterocycles. The van der Waals surface area contributed by atoms with Crippen LogP contribution in [0.1, 0.15) is 0 Å². The number of rotatable bonds is 2. The van der Waals surface area contributed by atoms with Gasteiger partial charge in [-0.1, -0.05) is 0 Å². The summed E-state index contributed by atoms with van der Waals surface area (Å²) in [7, 11) is 3.93. The largest absolute Gasteiger partial charge is 0.387 e. The van der Waals surface area contributed by atoms with Crippen LogP contribution in [0.25, 0.3) is 22.8 Å². The van der Waals surface area contributed by atoms with Gasteiger partial charge in [-0.05, 0) is 19.4 Å². The van der Waals surface area contributed by atoms with Gasteiger partial charge in [0.25, 0.3) is 0 Å². The van der Waals surface area contributed by atoms with Crippen LogP contribution in [0.5, 0.6) is 0 Å². The number of nitrogens with zero attached hydrogens (tertiary/aromatic N) is 5. The Morgan fingerprint density at radius 2 is 1.44 bits per heavy atom. The molecule has 3 aromatic heterocycles. The number of aryl methyl sites for hydroxylation is 2. The molecule has 129 valence electrons. The van der Waals surface area contributed by atoms with E-state index in [9.17, 15) is 0 Å². The molecule has 4 aromatic rings. The van der Waals surface area contributed by atoms with E-state index in [1.54, 1.807) is 24.8 Å². The molecule has 0 saturated carbocycles. The zero-order valence-electron chi connectivity index (χ0n) is 13.9. The van der Waals surface area contributed by atoms with Gasteiger partial charge < -0.3 is 14.1 Å². The molecule has 25 heavy (non-hydrogen) atoms. The van der Waals surface area contributed by atoms with Crippen LogP contribution < -0.4 is 0 Å². The Bertz CT molecular complexity index is 809. The van der Waals surface area contributed by atoms with Crippen LogP contribution in [0.3, 0.4) is 0 Å². The number of benzene rings is 1. The third-order valence-corrected chi connectivity index (χ3v) is 3.46. The van der Waals surface area contributed by atoms with Gasteiger partial charge in [-0.25, -0.2) is 0 Å². The van der Waals surface area contributed by atoms with E-state index in [2.05, 4.69) is 27.1 Å². The van der Waals surface area contributed by atoms with Crippen molar-refractivity contribution < 1.29 is 20.1 Å². The van der Waals surface area contributed by atoms with E-state index in [0.29, 0.717) is 0 Å². The van der Waals surface area contributed by atoms with Gasteiger partial charge in [0.1, 0.15) is 0 Å². The van der Waals surface area contributed by atoms with Crippen LogP contribution in [0, 0.1) is 12.1 Å². The third-order valence-electron chi connectivity index (χ3n) is 3.46. The van der Waals surface area contributed by atoms with E-state index in [1.165, 1.54) is 0 Å². The Balaban J connectivity index is 0.000000173. The third kappa shape index (κ3) is 4.72. The van der Waals surface area contributed by atoms with Gasteiger partial charge in [-0.15, -0.1) is 47.5 Å². The van der Waals surface area contributed by atoms with Crippen LogP contribution in [0.4, 0.5) is 0 Å². The Hall–Kier alpha value is -2.56. The molecule has 1 radical (unpaired) electrons. The predicted octanol–water partition coefficient (Wildman–Crippen LogP) is 3.17. The molecule has 0 N–H and O–H groups in total. The zero-order valence-corrected chi connectivity index (χ0v) is 16.3. The summed E-state index contributed by atoms with van der Waals surface area (Å²) < 4.78 is 3.93. The van der Waals surface area contributed by atoms with Gasteiger partial charge in [0.05, 0.1) is 5.82 Å². The molecule has 1 aromatic carbocycles. The average Bonchev–Trinajstić information content (AvgIpc) is 3.25. The van der Waals surface area contributed by atoms with E-state index < -0.39 is 0 Å². The fraction of sp³-hybridized carbons (Fsp3) is 0.105. The van der Waals surface area contributed by atoms with E-state index in [4.69, 9.17) is 0 Å². The molecular formula is C19H17IrN5-2. The molecule has 0 atom stereocenters. The van der Waals surface area contributed by atoms with Gasteiger partial charge in [0.15, 0.2) is 0 Å². The van der Waals surface area contributed by atoms with Crippen molar-refractivity contribution in [3.8, 4) is 22.8 Å². The molecular weight excluding hydrogens is 490 g/mol. The number of imidazole rings is 2. The van der Waals surface area contributed by atoms with Crippen LogP contribution in [-0.4, -0.2) is 24.1 Å². The van der Waals surface area contributed by atoms with E-state index in [0.717, 1.165) is 22.8 Å². The Morgan fingerprint density at radius 1 is 0.800 bits per heavy atom. The summed E-state index contributed by atoms with van der Waals surface area (Å²) in [6.07, 6.45) is 10.8. The minimum atomic E-state index is 0. The van der Waals surface area contributed by atoms with Gasteiger partial charge >= 0.3 is 0 Å². The molecule has 0 aliphatic rings. The quantitative estimate of drug-likeness (QED) is 0.392. The topological polar surface area (TPSA) is 48.5 Å². The van der Waals surface area contributed by atoms with Gasteiger partial charge in [-0.2, -0.15) is 6.07 Å². The van der Waals surface area contributed by atoms with E-state index >= 15 is 0 Å². The summed E-state index contributed by atoms with van der Waals surface area (Å²) in [4.78, 5) is 12.3. The maximum Gasteiger partial charge on any atom is 0.0555 e. The summed E-state index contributed by atoms with van der Waals surface area (Å²) in [5, 5.41) is 0. The second kappa shape index (κ2) is 9.06. The van der Waals surface area contributed by atoms with Crippen molar-refractivity contribution >= 4 is 0 Å². The van der Waals surface area contributed by atoms with Crippen molar-refractivity contribution in [3.05, 3.63) is 79.6 Å². The first-order valence-corrected chi connectivity index (χ1v) is 7.49. The second-order valence-electron chi connectivity index (χ2n) is 5.15. The van der Waals surface area contributed by atoms with Crippen molar-refractivity contribution in [2.45, 2.75) is 0 Å². The molecule has 4 rings (SSSR count). The first-order valence-electron chi connectivity index (χ1n) is 7.49. The van der Waals surface area contributed by atoms with Crippen LogP contribution in [0.2, 0.25) is 0 Å². The van der Waals surface area contributed by atoms with Crippen molar-refractivity contribution in [3.63, 3.8) is 0 Å². The van der Waals surface area contributed by atoms with Crippen molar-refractivity contribution in [2.75, 3.05) is 0 Å². The van der Waals surface area contributed by atoms with E-state index in [-0.39, 0.29) is 20.1 Å². The number of hydrogen-bond donors (Lipinski definition) is 0. The predicted molar refractivity (Wildman–Crippen MR) is 92.8 cm³/mol.